The van der Waals surface area contributed by atoms with E-state index in [1.54, 1.807) is 23.5 Å². The van der Waals surface area contributed by atoms with Crippen LogP contribution >= 0.6 is 0 Å². The molecule has 0 saturated heterocycles. The molecule has 0 aromatic heterocycles. The number of alkyl halides is 3. The summed E-state index contributed by atoms with van der Waals surface area (Å²) in [5.74, 6) is -1.59. The highest BCUT2D eigenvalue weighted by Gasteiger charge is 2.27. The molecular formula is C18H16F4N2O2. The summed E-state index contributed by atoms with van der Waals surface area (Å²) >= 11 is 0. The molecule has 2 aromatic carbocycles. The largest absolute Gasteiger partial charge is 0.405 e. The molecule has 0 aliphatic heterocycles. The van der Waals surface area contributed by atoms with Gasteiger partial charge >= 0.3 is 6.18 Å². The molecular weight excluding hydrogens is 352 g/mol. The Bertz CT molecular complexity index is 774. The van der Waals surface area contributed by atoms with Crippen LogP contribution in [-0.4, -0.2) is 24.5 Å². The average molecular weight is 368 g/mol. The second-order valence-corrected chi connectivity index (χ2v) is 5.51. The van der Waals surface area contributed by atoms with E-state index in [4.69, 9.17) is 0 Å². The Morgan fingerprint density at radius 3 is 2.23 bits per heavy atom. The number of aryl methyl sites for hydroxylation is 1. The van der Waals surface area contributed by atoms with E-state index >= 15 is 0 Å². The fourth-order valence-corrected chi connectivity index (χ4v) is 2.16. The number of halogens is 4. The SMILES string of the molecule is O=C(CCc1ccccc1F)Nc1ccc(C(=O)NCC(F)(F)F)cc1. The molecule has 2 amide bonds. The van der Waals surface area contributed by atoms with Gasteiger partial charge < -0.3 is 10.6 Å². The summed E-state index contributed by atoms with van der Waals surface area (Å²) in [5, 5.41) is 4.34. The molecule has 0 spiro atoms. The predicted octanol–water partition coefficient (Wildman–Crippen LogP) is 3.69. The van der Waals surface area contributed by atoms with Crippen molar-refractivity contribution in [3.8, 4) is 0 Å². The Labute approximate surface area is 147 Å². The quantitative estimate of drug-likeness (QED) is 0.764. The molecule has 0 heterocycles. The average Bonchev–Trinajstić information content (AvgIpc) is 2.59. The lowest BCUT2D eigenvalue weighted by molar-refractivity contribution is -0.123. The molecule has 2 aromatic rings. The smallest absolute Gasteiger partial charge is 0.343 e. The molecule has 0 fully saturated rings. The molecule has 0 unspecified atom stereocenters. The third-order valence-corrected chi connectivity index (χ3v) is 3.46. The maximum atomic E-state index is 13.5. The van der Waals surface area contributed by atoms with E-state index < -0.39 is 18.6 Å². The summed E-state index contributed by atoms with van der Waals surface area (Å²) in [6.07, 6.45) is -4.19. The molecule has 0 saturated carbocycles. The first-order chi connectivity index (χ1) is 12.2. The van der Waals surface area contributed by atoms with Crippen LogP contribution < -0.4 is 10.6 Å². The first kappa shape index (κ1) is 19.4. The molecule has 138 valence electrons. The highest BCUT2D eigenvalue weighted by molar-refractivity contribution is 5.95. The molecule has 2 rings (SSSR count). The highest BCUT2D eigenvalue weighted by Crippen LogP contribution is 2.14. The van der Waals surface area contributed by atoms with Crippen LogP contribution in [0.2, 0.25) is 0 Å². The Balaban J connectivity index is 1.85. The Hall–Kier alpha value is -2.90. The zero-order chi connectivity index (χ0) is 19.2. The molecule has 8 heteroatoms. The first-order valence-electron chi connectivity index (χ1n) is 7.73. The zero-order valence-electron chi connectivity index (χ0n) is 13.6. The monoisotopic (exact) mass is 368 g/mol. The van der Waals surface area contributed by atoms with Gasteiger partial charge in [-0.2, -0.15) is 13.2 Å². The van der Waals surface area contributed by atoms with Crippen molar-refractivity contribution >= 4 is 17.5 Å². The third-order valence-electron chi connectivity index (χ3n) is 3.46. The fraction of sp³-hybridized carbons (Fsp3) is 0.222. The van der Waals surface area contributed by atoms with Gasteiger partial charge in [-0.25, -0.2) is 4.39 Å². The number of benzene rings is 2. The van der Waals surface area contributed by atoms with E-state index in [0.29, 0.717) is 11.3 Å². The van der Waals surface area contributed by atoms with Crippen LogP contribution in [0, 0.1) is 5.82 Å². The van der Waals surface area contributed by atoms with Gasteiger partial charge in [0.2, 0.25) is 5.91 Å². The first-order valence-corrected chi connectivity index (χ1v) is 7.73. The van der Waals surface area contributed by atoms with Gasteiger partial charge in [-0.05, 0) is 42.3 Å². The molecule has 4 nitrogen and oxygen atoms in total. The minimum absolute atomic E-state index is 0.0404. The number of hydrogen-bond acceptors (Lipinski definition) is 2. The molecule has 26 heavy (non-hydrogen) atoms. The lowest BCUT2D eigenvalue weighted by atomic mass is 10.1. The van der Waals surface area contributed by atoms with Crippen molar-refractivity contribution in [2.24, 2.45) is 0 Å². The summed E-state index contributed by atoms with van der Waals surface area (Å²) in [6, 6.07) is 11.6. The van der Waals surface area contributed by atoms with Gasteiger partial charge in [-0.1, -0.05) is 18.2 Å². The Morgan fingerprint density at radius 2 is 1.62 bits per heavy atom. The van der Waals surface area contributed by atoms with Gasteiger partial charge in [0.25, 0.3) is 5.91 Å². The number of anilines is 1. The zero-order valence-corrected chi connectivity index (χ0v) is 13.6. The van der Waals surface area contributed by atoms with Gasteiger partial charge in [0.1, 0.15) is 12.4 Å². The number of rotatable bonds is 6. The van der Waals surface area contributed by atoms with Gasteiger partial charge in [0.15, 0.2) is 0 Å². The molecule has 0 bridgehead atoms. The lowest BCUT2D eigenvalue weighted by Gasteiger charge is -2.09. The maximum Gasteiger partial charge on any atom is 0.405 e. The molecule has 2 N–H and O–H groups in total. The highest BCUT2D eigenvalue weighted by atomic mass is 19.4. The normalized spacial score (nSPS) is 11.1. The van der Waals surface area contributed by atoms with E-state index in [-0.39, 0.29) is 30.1 Å². The van der Waals surface area contributed by atoms with Crippen molar-refractivity contribution in [2.75, 3.05) is 11.9 Å². The van der Waals surface area contributed by atoms with Crippen molar-refractivity contribution in [1.29, 1.82) is 0 Å². The summed E-state index contributed by atoms with van der Waals surface area (Å²) in [5.41, 5.74) is 0.855. The molecule has 0 atom stereocenters. The van der Waals surface area contributed by atoms with Crippen molar-refractivity contribution < 1.29 is 27.2 Å². The van der Waals surface area contributed by atoms with Crippen LogP contribution in [0.5, 0.6) is 0 Å². The number of nitrogens with one attached hydrogen (secondary N) is 2. The molecule has 0 aliphatic rings. The second-order valence-electron chi connectivity index (χ2n) is 5.51. The minimum Gasteiger partial charge on any atom is -0.343 e. The van der Waals surface area contributed by atoms with Crippen molar-refractivity contribution in [2.45, 2.75) is 19.0 Å². The summed E-state index contributed by atoms with van der Waals surface area (Å²) in [7, 11) is 0. The van der Waals surface area contributed by atoms with Crippen LogP contribution in [0.15, 0.2) is 48.5 Å². The van der Waals surface area contributed by atoms with Crippen LogP contribution in [0.3, 0.4) is 0 Å². The van der Waals surface area contributed by atoms with Crippen LogP contribution in [-0.2, 0) is 11.2 Å². The minimum atomic E-state index is -4.48. The standard InChI is InChI=1S/C18H16F4N2O2/c19-15-4-2-1-3-12(15)7-10-16(25)24-14-8-5-13(6-9-14)17(26)23-11-18(20,21)22/h1-6,8-9H,7,10-11H2,(H,23,26)(H,24,25). The summed E-state index contributed by atoms with van der Waals surface area (Å²) in [6.45, 7) is -1.42. The molecule has 0 aliphatic carbocycles. The van der Waals surface area contributed by atoms with E-state index in [1.807, 2.05) is 0 Å². The number of amides is 2. The lowest BCUT2D eigenvalue weighted by Crippen LogP contribution is -2.33. The van der Waals surface area contributed by atoms with Crippen molar-refractivity contribution in [3.63, 3.8) is 0 Å². The van der Waals surface area contributed by atoms with Crippen LogP contribution in [0.25, 0.3) is 0 Å². The topological polar surface area (TPSA) is 58.2 Å². The van der Waals surface area contributed by atoms with Crippen LogP contribution in [0.4, 0.5) is 23.2 Å². The Morgan fingerprint density at radius 1 is 0.962 bits per heavy atom. The molecule has 0 radical (unpaired) electrons. The van der Waals surface area contributed by atoms with E-state index in [1.165, 1.54) is 30.3 Å². The number of hydrogen-bond donors (Lipinski definition) is 2. The maximum absolute atomic E-state index is 13.5. The predicted molar refractivity (Wildman–Crippen MR) is 88.2 cm³/mol. The van der Waals surface area contributed by atoms with Gasteiger partial charge in [-0.15, -0.1) is 0 Å². The van der Waals surface area contributed by atoms with Crippen molar-refractivity contribution in [1.82, 2.24) is 5.32 Å². The van der Waals surface area contributed by atoms with E-state index in [9.17, 15) is 27.2 Å². The van der Waals surface area contributed by atoms with E-state index in [0.717, 1.165) is 0 Å². The summed E-state index contributed by atoms with van der Waals surface area (Å²) < 4.78 is 49.7. The third kappa shape index (κ3) is 6.19. The number of carbonyl (C=O) groups is 2. The Kier molecular flexibility index (Phi) is 6.32. The van der Waals surface area contributed by atoms with Gasteiger partial charge in [0, 0.05) is 17.7 Å². The van der Waals surface area contributed by atoms with Crippen LogP contribution in [0.1, 0.15) is 22.3 Å². The number of carbonyl (C=O) groups excluding carboxylic acids is 2. The van der Waals surface area contributed by atoms with E-state index in [2.05, 4.69) is 5.32 Å². The van der Waals surface area contributed by atoms with Gasteiger partial charge in [0.05, 0.1) is 0 Å². The summed E-state index contributed by atoms with van der Waals surface area (Å²) in [4.78, 5) is 23.5. The second kappa shape index (κ2) is 8.46. The van der Waals surface area contributed by atoms with Gasteiger partial charge in [-0.3, -0.25) is 9.59 Å². The fourth-order valence-electron chi connectivity index (χ4n) is 2.16. The van der Waals surface area contributed by atoms with Crippen molar-refractivity contribution in [3.05, 3.63) is 65.5 Å².